The lowest BCUT2D eigenvalue weighted by Gasteiger charge is -2.24. The van der Waals surface area contributed by atoms with Gasteiger partial charge in [0, 0.05) is 33.0 Å². The van der Waals surface area contributed by atoms with Gasteiger partial charge in [0.1, 0.15) is 0 Å². The van der Waals surface area contributed by atoms with Crippen LogP contribution in [0.4, 0.5) is 5.69 Å². The van der Waals surface area contributed by atoms with Crippen molar-refractivity contribution in [2.24, 2.45) is 0 Å². The van der Waals surface area contributed by atoms with Crippen LogP contribution in [0.3, 0.4) is 0 Å². The molecule has 4 heteroatoms. The number of halogens is 1. The highest BCUT2D eigenvalue weighted by molar-refractivity contribution is 9.10. The molecule has 0 bridgehead atoms. The zero-order chi connectivity index (χ0) is 13.1. The number of nitrogens with one attached hydrogen (secondary N) is 2. The molecule has 2 heterocycles. The number of benzene rings is 1. The molecule has 1 aromatic heterocycles. The highest BCUT2D eigenvalue weighted by Crippen LogP contribution is 2.31. The fraction of sp³-hybridized carbons (Fsp3) is 0.333. The van der Waals surface area contributed by atoms with Gasteiger partial charge in [0.05, 0.1) is 0 Å². The summed E-state index contributed by atoms with van der Waals surface area (Å²) in [7, 11) is 0. The molecule has 1 atom stereocenters. The van der Waals surface area contributed by atoms with Crippen molar-refractivity contribution in [2.75, 3.05) is 18.4 Å². The molecule has 1 unspecified atom stereocenters. The van der Waals surface area contributed by atoms with Crippen LogP contribution in [0.1, 0.15) is 12.8 Å². The third-order valence-corrected chi connectivity index (χ3v) is 4.90. The van der Waals surface area contributed by atoms with Crippen molar-refractivity contribution in [1.82, 2.24) is 5.32 Å². The minimum Gasteiger partial charge on any atom is -0.380 e. The Morgan fingerprint density at radius 3 is 2.84 bits per heavy atom. The first-order valence-corrected chi connectivity index (χ1v) is 8.30. The third kappa shape index (κ3) is 3.38. The number of piperidine rings is 1. The molecule has 0 spiro atoms. The molecule has 0 saturated carbocycles. The predicted molar refractivity (Wildman–Crippen MR) is 87.0 cm³/mol. The Balaban J connectivity index is 1.70. The number of hydrogen-bond acceptors (Lipinski definition) is 3. The largest absolute Gasteiger partial charge is 0.380 e. The van der Waals surface area contributed by atoms with Gasteiger partial charge in [-0.3, -0.25) is 0 Å². The zero-order valence-electron chi connectivity index (χ0n) is 10.7. The molecule has 2 N–H and O–H groups in total. The lowest BCUT2D eigenvalue weighted by atomic mass is 10.1. The average molecular weight is 337 g/mol. The Labute approximate surface area is 126 Å². The molecule has 0 amide bonds. The van der Waals surface area contributed by atoms with E-state index in [9.17, 15) is 0 Å². The summed E-state index contributed by atoms with van der Waals surface area (Å²) < 4.78 is 1.12. The second-order valence-corrected chi connectivity index (χ2v) is 6.72. The average Bonchev–Trinajstić information content (AvgIpc) is 2.89. The topological polar surface area (TPSA) is 24.1 Å². The van der Waals surface area contributed by atoms with Gasteiger partial charge < -0.3 is 10.6 Å². The number of anilines is 1. The van der Waals surface area contributed by atoms with E-state index in [2.05, 4.69) is 62.3 Å². The van der Waals surface area contributed by atoms with Crippen molar-refractivity contribution in [3.63, 3.8) is 0 Å². The summed E-state index contributed by atoms with van der Waals surface area (Å²) in [5, 5.41) is 9.27. The fourth-order valence-corrected chi connectivity index (χ4v) is 3.51. The molecule has 2 nitrogen and oxygen atoms in total. The van der Waals surface area contributed by atoms with Crippen LogP contribution in [0.5, 0.6) is 0 Å². The van der Waals surface area contributed by atoms with Crippen LogP contribution in [-0.4, -0.2) is 19.1 Å². The third-order valence-electron chi connectivity index (χ3n) is 3.40. The molecule has 1 aromatic carbocycles. The minimum absolute atomic E-state index is 0.570. The molecular weight excluding hydrogens is 320 g/mol. The summed E-state index contributed by atoms with van der Waals surface area (Å²) >= 11 is 5.27. The van der Waals surface area contributed by atoms with E-state index < -0.39 is 0 Å². The van der Waals surface area contributed by atoms with Gasteiger partial charge in [-0.1, -0.05) is 28.1 Å². The summed E-state index contributed by atoms with van der Waals surface area (Å²) in [6.07, 6.45) is 2.53. The molecule has 1 fully saturated rings. The van der Waals surface area contributed by atoms with Crippen molar-refractivity contribution in [3.05, 3.63) is 40.2 Å². The van der Waals surface area contributed by atoms with Gasteiger partial charge in [-0.2, -0.15) is 0 Å². The van der Waals surface area contributed by atoms with Gasteiger partial charge in [-0.15, -0.1) is 11.3 Å². The molecular formula is C15H17BrN2S. The quantitative estimate of drug-likeness (QED) is 0.871. The molecule has 1 aliphatic rings. The maximum atomic E-state index is 3.62. The fourth-order valence-electron chi connectivity index (χ4n) is 2.39. The lowest BCUT2D eigenvalue weighted by molar-refractivity contribution is 0.480. The Morgan fingerprint density at radius 2 is 2.11 bits per heavy atom. The van der Waals surface area contributed by atoms with Gasteiger partial charge in [-0.05, 0) is 43.1 Å². The van der Waals surface area contributed by atoms with Crippen LogP contribution in [0, 0.1) is 0 Å². The molecule has 0 aliphatic carbocycles. The van der Waals surface area contributed by atoms with Crippen LogP contribution in [-0.2, 0) is 0 Å². The molecule has 1 saturated heterocycles. The second kappa shape index (κ2) is 6.07. The Morgan fingerprint density at radius 1 is 1.26 bits per heavy atom. The normalized spacial score (nSPS) is 19.3. The van der Waals surface area contributed by atoms with E-state index in [1.54, 1.807) is 11.3 Å². The summed E-state index contributed by atoms with van der Waals surface area (Å²) in [5.41, 5.74) is 2.53. The first-order chi connectivity index (χ1) is 9.31. The van der Waals surface area contributed by atoms with E-state index >= 15 is 0 Å². The Bertz CT molecular complexity index is 529. The number of hydrogen-bond donors (Lipinski definition) is 2. The summed E-state index contributed by atoms with van der Waals surface area (Å²) in [6, 6.07) is 11.3. The van der Waals surface area contributed by atoms with E-state index in [-0.39, 0.29) is 0 Å². The molecule has 2 aromatic rings. The van der Waals surface area contributed by atoms with Crippen molar-refractivity contribution in [2.45, 2.75) is 18.9 Å². The van der Waals surface area contributed by atoms with E-state index in [1.165, 1.54) is 29.0 Å². The summed E-state index contributed by atoms with van der Waals surface area (Å²) in [5.74, 6) is 0. The monoisotopic (exact) mass is 336 g/mol. The molecule has 3 rings (SSSR count). The summed E-state index contributed by atoms with van der Waals surface area (Å²) in [6.45, 7) is 2.23. The molecule has 100 valence electrons. The maximum Gasteiger partial charge on any atom is 0.0457 e. The van der Waals surface area contributed by atoms with E-state index in [1.807, 2.05) is 0 Å². The van der Waals surface area contributed by atoms with Crippen molar-refractivity contribution in [3.8, 4) is 10.4 Å². The van der Waals surface area contributed by atoms with Crippen LogP contribution in [0.25, 0.3) is 10.4 Å². The SMILES string of the molecule is Brc1ccc(-c2cc(NC3CCCNC3)cs2)cc1. The Kier molecular flexibility index (Phi) is 4.21. The molecule has 0 radical (unpaired) electrons. The van der Waals surface area contributed by atoms with Gasteiger partial charge in [0.2, 0.25) is 0 Å². The van der Waals surface area contributed by atoms with Crippen molar-refractivity contribution >= 4 is 33.0 Å². The highest BCUT2D eigenvalue weighted by atomic mass is 79.9. The number of rotatable bonds is 3. The zero-order valence-corrected chi connectivity index (χ0v) is 13.1. The number of thiophene rings is 1. The standard InChI is InChI=1S/C15H17BrN2S/c16-12-5-3-11(4-6-12)15-8-14(10-19-15)18-13-2-1-7-17-9-13/h3-6,8,10,13,17-18H,1-2,7,9H2. The van der Waals surface area contributed by atoms with Gasteiger partial charge in [0.25, 0.3) is 0 Å². The molecule has 1 aliphatic heterocycles. The van der Waals surface area contributed by atoms with Crippen LogP contribution in [0.15, 0.2) is 40.2 Å². The van der Waals surface area contributed by atoms with Gasteiger partial charge in [-0.25, -0.2) is 0 Å². The van der Waals surface area contributed by atoms with Crippen LogP contribution >= 0.6 is 27.3 Å². The first kappa shape index (κ1) is 13.2. The van der Waals surface area contributed by atoms with Crippen molar-refractivity contribution < 1.29 is 0 Å². The van der Waals surface area contributed by atoms with Crippen LogP contribution in [0.2, 0.25) is 0 Å². The Hall–Kier alpha value is -0.840. The van der Waals surface area contributed by atoms with Gasteiger partial charge >= 0.3 is 0 Å². The molecule has 19 heavy (non-hydrogen) atoms. The second-order valence-electron chi connectivity index (χ2n) is 4.89. The van der Waals surface area contributed by atoms with E-state index in [4.69, 9.17) is 0 Å². The first-order valence-electron chi connectivity index (χ1n) is 6.63. The smallest absolute Gasteiger partial charge is 0.0457 e. The van der Waals surface area contributed by atoms with E-state index in [0.29, 0.717) is 6.04 Å². The van der Waals surface area contributed by atoms with Crippen molar-refractivity contribution in [1.29, 1.82) is 0 Å². The lowest BCUT2D eigenvalue weighted by Crippen LogP contribution is -2.38. The predicted octanol–water partition coefficient (Wildman–Crippen LogP) is 4.34. The summed E-state index contributed by atoms with van der Waals surface area (Å²) in [4.78, 5) is 1.32. The van der Waals surface area contributed by atoms with E-state index in [0.717, 1.165) is 17.6 Å². The minimum atomic E-state index is 0.570. The van der Waals surface area contributed by atoms with Crippen LogP contribution < -0.4 is 10.6 Å². The highest BCUT2D eigenvalue weighted by Gasteiger charge is 2.13. The maximum absolute atomic E-state index is 3.62. The van der Waals surface area contributed by atoms with Gasteiger partial charge in [0.15, 0.2) is 0 Å².